The minimum Gasteiger partial charge on any atom is -0.379 e. The summed E-state index contributed by atoms with van der Waals surface area (Å²) in [5.74, 6) is 0.579. The molecule has 7 heteroatoms. The highest BCUT2D eigenvalue weighted by molar-refractivity contribution is 5.90. The number of morpholine rings is 1. The van der Waals surface area contributed by atoms with E-state index < -0.39 is 0 Å². The molecular weight excluding hydrogens is 356 g/mol. The number of nitrogens with zero attached hydrogens (tertiary/aromatic N) is 2. The van der Waals surface area contributed by atoms with Crippen LogP contribution in [0.5, 0.6) is 0 Å². The zero-order valence-corrected chi connectivity index (χ0v) is 16.4. The molecule has 0 aromatic heterocycles. The third-order valence-electron chi connectivity index (χ3n) is 5.83. The van der Waals surface area contributed by atoms with E-state index in [1.807, 2.05) is 23.1 Å². The van der Waals surface area contributed by atoms with E-state index in [-0.39, 0.29) is 18.0 Å². The summed E-state index contributed by atoms with van der Waals surface area (Å²) in [5, 5.41) is 6.10. The van der Waals surface area contributed by atoms with Gasteiger partial charge in [-0.15, -0.1) is 0 Å². The Morgan fingerprint density at radius 2 is 1.71 bits per heavy atom. The molecule has 152 valence electrons. The summed E-state index contributed by atoms with van der Waals surface area (Å²) in [6.07, 6.45) is 3.73. The molecule has 2 saturated heterocycles. The van der Waals surface area contributed by atoms with Crippen molar-refractivity contribution in [2.24, 2.45) is 5.92 Å². The molecular formula is C21H30N4O3. The molecule has 0 spiro atoms. The van der Waals surface area contributed by atoms with Crippen LogP contribution in [0.2, 0.25) is 0 Å². The van der Waals surface area contributed by atoms with Crippen molar-refractivity contribution in [1.29, 1.82) is 0 Å². The third kappa shape index (κ3) is 5.02. The SMILES string of the molecule is O=C(Nc1ccccc1CN1CCOCC1)NC1CCN(C(=O)C2CC2)CC1. The normalized spacial score (nSPS) is 21.4. The Balaban J connectivity index is 1.26. The first kappa shape index (κ1) is 19.2. The highest BCUT2D eigenvalue weighted by Crippen LogP contribution is 2.31. The van der Waals surface area contributed by atoms with Gasteiger partial charge in [0, 0.05) is 50.4 Å². The molecule has 0 unspecified atom stereocenters. The number of para-hydroxylation sites is 1. The Labute approximate surface area is 166 Å². The number of carbonyl (C=O) groups excluding carboxylic acids is 2. The largest absolute Gasteiger partial charge is 0.379 e. The second-order valence-corrected chi connectivity index (χ2v) is 8.02. The van der Waals surface area contributed by atoms with Gasteiger partial charge in [0.05, 0.1) is 13.2 Å². The van der Waals surface area contributed by atoms with Gasteiger partial charge in [-0.3, -0.25) is 9.69 Å². The number of carbonyl (C=O) groups is 2. The van der Waals surface area contributed by atoms with Crippen LogP contribution in [0, 0.1) is 5.92 Å². The smallest absolute Gasteiger partial charge is 0.319 e. The summed E-state index contributed by atoms with van der Waals surface area (Å²) < 4.78 is 5.41. The van der Waals surface area contributed by atoms with Gasteiger partial charge < -0.3 is 20.3 Å². The topological polar surface area (TPSA) is 73.9 Å². The number of nitrogens with one attached hydrogen (secondary N) is 2. The van der Waals surface area contributed by atoms with E-state index in [9.17, 15) is 9.59 Å². The van der Waals surface area contributed by atoms with E-state index in [2.05, 4.69) is 21.6 Å². The van der Waals surface area contributed by atoms with Gasteiger partial charge in [-0.2, -0.15) is 0 Å². The van der Waals surface area contributed by atoms with Gasteiger partial charge in [-0.25, -0.2) is 4.79 Å². The maximum atomic E-state index is 12.5. The second-order valence-electron chi connectivity index (χ2n) is 8.02. The first-order chi connectivity index (χ1) is 13.7. The van der Waals surface area contributed by atoms with Crippen LogP contribution in [0.4, 0.5) is 10.5 Å². The number of hydrogen-bond acceptors (Lipinski definition) is 4. The van der Waals surface area contributed by atoms with Crippen molar-refractivity contribution in [2.75, 3.05) is 44.7 Å². The monoisotopic (exact) mass is 386 g/mol. The lowest BCUT2D eigenvalue weighted by atomic mass is 10.0. The number of anilines is 1. The van der Waals surface area contributed by atoms with E-state index in [4.69, 9.17) is 4.74 Å². The van der Waals surface area contributed by atoms with Gasteiger partial charge in [-0.05, 0) is 37.3 Å². The number of likely N-dealkylation sites (tertiary alicyclic amines) is 1. The zero-order valence-electron chi connectivity index (χ0n) is 16.4. The van der Waals surface area contributed by atoms with Crippen molar-refractivity contribution in [2.45, 2.75) is 38.3 Å². The van der Waals surface area contributed by atoms with Gasteiger partial charge in [0.1, 0.15) is 0 Å². The molecule has 2 aliphatic heterocycles. The molecule has 1 aromatic carbocycles. The van der Waals surface area contributed by atoms with Crippen LogP contribution in [-0.4, -0.2) is 67.2 Å². The first-order valence-corrected chi connectivity index (χ1v) is 10.4. The molecule has 0 radical (unpaired) electrons. The van der Waals surface area contributed by atoms with Crippen molar-refractivity contribution < 1.29 is 14.3 Å². The van der Waals surface area contributed by atoms with Crippen LogP contribution in [0.3, 0.4) is 0 Å². The van der Waals surface area contributed by atoms with Crippen LogP contribution in [0.25, 0.3) is 0 Å². The maximum absolute atomic E-state index is 12.5. The molecule has 0 atom stereocenters. The highest BCUT2D eigenvalue weighted by Gasteiger charge is 2.35. The molecule has 0 bridgehead atoms. The molecule has 3 amide bonds. The van der Waals surface area contributed by atoms with Crippen molar-refractivity contribution in [3.63, 3.8) is 0 Å². The summed E-state index contributed by atoms with van der Waals surface area (Å²) in [5.41, 5.74) is 1.97. The Hall–Kier alpha value is -2.12. The fourth-order valence-corrected chi connectivity index (χ4v) is 3.96. The predicted molar refractivity (Wildman–Crippen MR) is 107 cm³/mol. The summed E-state index contributed by atoms with van der Waals surface area (Å²) in [7, 11) is 0. The fraction of sp³-hybridized carbons (Fsp3) is 0.619. The minimum absolute atomic E-state index is 0.120. The first-order valence-electron chi connectivity index (χ1n) is 10.4. The number of rotatable bonds is 5. The second kappa shape index (κ2) is 8.92. The molecule has 7 nitrogen and oxygen atoms in total. The number of amides is 3. The fourth-order valence-electron chi connectivity index (χ4n) is 3.96. The molecule has 2 heterocycles. The van der Waals surface area contributed by atoms with Crippen molar-refractivity contribution in [1.82, 2.24) is 15.1 Å². The molecule has 28 heavy (non-hydrogen) atoms. The standard InChI is InChI=1S/C21H30N4O3/c26-20(16-5-6-16)25-9-7-18(8-10-25)22-21(27)23-19-4-2-1-3-17(19)15-24-11-13-28-14-12-24/h1-4,16,18H,5-15H2,(H2,22,23,27). The molecule has 4 rings (SSSR count). The minimum atomic E-state index is -0.165. The summed E-state index contributed by atoms with van der Waals surface area (Å²) in [4.78, 5) is 29.0. The van der Waals surface area contributed by atoms with Gasteiger partial charge in [0.15, 0.2) is 0 Å². The van der Waals surface area contributed by atoms with Crippen molar-refractivity contribution in [3.8, 4) is 0 Å². The lowest BCUT2D eigenvalue weighted by molar-refractivity contribution is -0.133. The van der Waals surface area contributed by atoms with E-state index in [0.717, 1.165) is 82.9 Å². The maximum Gasteiger partial charge on any atom is 0.319 e. The van der Waals surface area contributed by atoms with Crippen LogP contribution in [0.1, 0.15) is 31.2 Å². The molecule has 3 aliphatic rings. The predicted octanol–water partition coefficient (Wildman–Crippen LogP) is 2.04. The molecule has 1 aliphatic carbocycles. The summed E-state index contributed by atoms with van der Waals surface area (Å²) in [6.45, 7) is 5.65. The van der Waals surface area contributed by atoms with Crippen LogP contribution in [-0.2, 0) is 16.1 Å². The van der Waals surface area contributed by atoms with E-state index in [1.54, 1.807) is 0 Å². The number of piperidine rings is 1. The molecule has 2 N–H and O–H groups in total. The van der Waals surface area contributed by atoms with E-state index in [0.29, 0.717) is 5.91 Å². The number of ether oxygens (including phenoxy) is 1. The van der Waals surface area contributed by atoms with Gasteiger partial charge >= 0.3 is 6.03 Å². The van der Waals surface area contributed by atoms with Crippen molar-refractivity contribution in [3.05, 3.63) is 29.8 Å². The van der Waals surface area contributed by atoms with Crippen LogP contribution in [0.15, 0.2) is 24.3 Å². The number of hydrogen-bond donors (Lipinski definition) is 2. The zero-order chi connectivity index (χ0) is 19.3. The van der Waals surface area contributed by atoms with Crippen molar-refractivity contribution >= 4 is 17.6 Å². The quantitative estimate of drug-likeness (QED) is 0.812. The van der Waals surface area contributed by atoms with Gasteiger partial charge in [0.25, 0.3) is 0 Å². The Morgan fingerprint density at radius 1 is 1.00 bits per heavy atom. The van der Waals surface area contributed by atoms with Gasteiger partial charge in [-0.1, -0.05) is 18.2 Å². The Kier molecular flexibility index (Phi) is 6.12. The lowest BCUT2D eigenvalue weighted by Crippen LogP contribution is -2.48. The molecule has 3 fully saturated rings. The number of benzene rings is 1. The molecule has 1 aromatic rings. The Morgan fingerprint density at radius 3 is 2.43 bits per heavy atom. The third-order valence-corrected chi connectivity index (χ3v) is 5.83. The van der Waals surface area contributed by atoms with Crippen LogP contribution >= 0.6 is 0 Å². The van der Waals surface area contributed by atoms with Crippen LogP contribution < -0.4 is 10.6 Å². The van der Waals surface area contributed by atoms with E-state index >= 15 is 0 Å². The Bertz CT molecular complexity index is 693. The van der Waals surface area contributed by atoms with E-state index in [1.165, 1.54) is 0 Å². The average Bonchev–Trinajstić information content (AvgIpc) is 3.56. The average molecular weight is 386 g/mol. The summed E-state index contributed by atoms with van der Waals surface area (Å²) >= 11 is 0. The lowest BCUT2D eigenvalue weighted by Gasteiger charge is -2.32. The number of urea groups is 1. The molecule has 1 saturated carbocycles. The van der Waals surface area contributed by atoms with Gasteiger partial charge in [0.2, 0.25) is 5.91 Å². The summed E-state index contributed by atoms with van der Waals surface area (Å²) in [6, 6.07) is 7.92. The highest BCUT2D eigenvalue weighted by atomic mass is 16.5.